The molecule has 0 bridgehead atoms. The topological polar surface area (TPSA) is 15.3 Å². The Kier molecular flexibility index (Phi) is 4.28. The van der Waals surface area contributed by atoms with Crippen LogP contribution < -0.4 is 10.2 Å². The Bertz CT molecular complexity index is 371. The van der Waals surface area contributed by atoms with Crippen LogP contribution in [0.25, 0.3) is 0 Å². The van der Waals surface area contributed by atoms with Gasteiger partial charge in [-0.25, -0.2) is 0 Å². The van der Waals surface area contributed by atoms with Crippen LogP contribution in [0.3, 0.4) is 0 Å². The Labute approximate surface area is 111 Å². The van der Waals surface area contributed by atoms with Gasteiger partial charge in [0.25, 0.3) is 0 Å². The number of rotatable bonds is 6. The number of benzene rings is 1. The molecule has 3 atom stereocenters. The zero-order valence-electron chi connectivity index (χ0n) is 12.1. The maximum Gasteiger partial charge on any atom is 0.0363 e. The third kappa shape index (κ3) is 3.26. The number of hydrogen-bond donors (Lipinski definition) is 1. The molecule has 0 spiro atoms. The third-order valence-corrected chi connectivity index (χ3v) is 4.13. The molecule has 1 aliphatic rings. The van der Waals surface area contributed by atoms with Gasteiger partial charge < -0.3 is 10.2 Å². The summed E-state index contributed by atoms with van der Waals surface area (Å²) in [7, 11) is 2.20. The summed E-state index contributed by atoms with van der Waals surface area (Å²) in [6, 6.07) is 9.43. The molecule has 2 nitrogen and oxygen atoms in total. The van der Waals surface area contributed by atoms with E-state index < -0.39 is 0 Å². The number of nitrogens with zero attached hydrogens (tertiary/aromatic N) is 1. The van der Waals surface area contributed by atoms with Gasteiger partial charge in [0, 0.05) is 25.3 Å². The summed E-state index contributed by atoms with van der Waals surface area (Å²) in [5, 5.41) is 3.44. The van der Waals surface area contributed by atoms with Gasteiger partial charge in [-0.05, 0) is 49.4 Å². The van der Waals surface area contributed by atoms with Crippen molar-refractivity contribution in [3.8, 4) is 0 Å². The fourth-order valence-electron chi connectivity index (χ4n) is 2.55. The molecule has 0 aromatic heterocycles. The normalized spacial score (nSPS) is 23.8. The minimum absolute atomic E-state index is 0.442. The largest absolute Gasteiger partial charge is 0.374 e. The summed E-state index contributed by atoms with van der Waals surface area (Å²) in [6.45, 7) is 8.93. The molecule has 0 amide bonds. The van der Waals surface area contributed by atoms with Gasteiger partial charge >= 0.3 is 0 Å². The average molecular weight is 246 g/mol. The van der Waals surface area contributed by atoms with E-state index >= 15 is 0 Å². The van der Waals surface area contributed by atoms with Crippen LogP contribution in [0.1, 0.15) is 38.8 Å². The molecule has 0 radical (unpaired) electrons. The number of anilines is 1. The van der Waals surface area contributed by atoms with Crippen molar-refractivity contribution >= 4 is 5.69 Å². The fourth-order valence-corrected chi connectivity index (χ4v) is 2.55. The van der Waals surface area contributed by atoms with Crippen LogP contribution in [0.4, 0.5) is 5.69 Å². The van der Waals surface area contributed by atoms with Crippen molar-refractivity contribution in [1.82, 2.24) is 5.32 Å². The van der Waals surface area contributed by atoms with E-state index in [1.54, 1.807) is 0 Å². The highest BCUT2D eigenvalue weighted by atomic mass is 15.1. The van der Waals surface area contributed by atoms with Crippen LogP contribution >= 0.6 is 0 Å². The highest BCUT2D eigenvalue weighted by molar-refractivity contribution is 5.47. The molecule has 1 fully saturated rings. The SMILES string of the molecule is CCNC(C)c1ccc(N(C)CC2CC2C)cc1. The van der Waals surface area contributed by atoms with Crippen LogP contribution in [0.2, 0.25) is 0 Å². The minimum atomic E-state index is 0.442. The Balaban J connectivity index is 1.93. The van der Waals surface area contributed by atoms with Crippen molar-refractivity contribution in [2.75, 3.05) is 25.0 Å². The lowest BCUT2D eigenvalue weighted by Crippen LogP contribution is -2.21. The van der Waals surface area contributed by atoms with Crippen molar-refractivity contribution < 1.29 is 0 Å². The zero-order valence-corrected chi connectivity index (χ0v) is 12.1. The molecule has 0 aliphatic heterocycles. The molecular formula is C16H26N2. The summed E-state index contributed by atoms with van der Waals surface area (Å²) >= 11 is 0. The van der Waals surface area contributed by atoms with E-state index in [0.717, 1.165) is 18.4 Å². The third-order valence-electron chi connectivity index (χ3n) is 4.13. The standard InChI is InChI=1S/C16H26N2/c1-5-17-13(3)14-6-8-16(9-7-14)18(4)11-15-10-12(15)2/h6-9,12-13,15,17H,5,10-11H2,1-4H3. The molecule has 1 aliphatic carbocycles. The molecule has 1 saturated carbocycles. The summed E-state index contributed by atoms with van der Waals surface area (Å²) < 4.78 is 0. The maximum atomic E-state index is 3.44. The van der Waals surface area contributed by atoms with Crippen LogP contribution in [0, 0.1) is 11.8 Å². The van der Waals surface area contributed by atoms with Gasteiger partial charge in [-0.15, -0.1) is 0 Å². The Morgan fingerprint density at radius 3 is 2.44 bits per heavy atom. The second kappa shape index (κ2) is 5.75. The highest BCUT2D eigenvalue weighted by Crippen LogP contribution is 2.38. The van der Waals surface area contributed by atoms with E-state index in [0.29, 0.717) is 6.04 Å². The Hall–Kier alpha value is -1.02. The molecule has 18 heavy (non-hydrogen) atoms. The summed E-state index contributed by atoms with van der Waals surface area (Å²) in [4.78, 5) is 2.38. The van der Waals surface area contributed by atoms with E-state index in [9.17, 15) is 0 Å². The Morgan fingerprint density at radius 2 is 1.94 bits per heavy atom. The first-order valence-corrected chi connectivity index (χ1v) is 7.16. The number of nitrogens with one attached hydrogen (secondary N) is 1. The first kappa shape index (κ1) is 13.4. The Morgan fingerprint density at radius 1 is 1.33 bits per heavy atom. The second-order valence-corrected chi connectivity index (χ2v) is 5.72. The first-order chi connectivity index (χ1) is 8.61. The quantitative estimate of drug-likeness (QED) is 0.827. The van der Waals surface area contributed by atoms with E-state index in [-0.39, 0.29) is 0 Å². The molecule has 1 aromatic carbocycles. The average Bonchev–Trinajstić information content (AvgIpc) is 3.05. The van der Waals surface area contributed by atoms with Gasteiger partial charge in [-0.3, -0.25) is 0 Å². The molecule has 1 N–H and O–H groups in total. The summed E-state index contributed by atoms with van der Waals surface area (Å²) in [5.74, 6) is 1.84. The van der Waals surface area contributed by atoms with Gasteiger partial charge in [0.15, 0.2) is 0 Å². The smallest absolute Gasteiger partial charge is 0.0363 e. The highest BCUT2D eigenvalue weighted by Gasteiger charge is 2.33. The number of hydrogen-bond acceptors (Lipinski definition) is 2. The van der Waals surface area contributed by atoms with Crippen LogP contribution in [0.5, 0.6) is 0 Å². The lowest BCUT2D eigenvalue weighted by molar-refractivity contribution is 0.598. The van der Waals surface area contributed by atoms with Crippen molar-refractivity contribution in [2.24, 2.45) is 11.8 Å². The van der Waals surface area contributed by atoms with Gasteiger partial charge in [0.1, 0.15) is 0 Å². The van der Waals surface area contributed by atoms with Crippen molar-refractivity contribution in [3.63, 3.8) is 0 Å². The van der Waals surface area contributed by atoms with Gasteiger partial charge in [-0.2, -0.15) is 0 Å². The van der Waals surface area contributed by atoms with Gasteiger partial charge in [0.05, 0.1) is 0 Å². The van der Waals surface area contributed by atoms with Crippen molar-refractivity contribution in [2.45, 2.75) is 33.2 Å². The first-order valence-electron chi connectivity index (χ1n) is 7.16. The second-order valence-electron chi connectivity index (χ2n) is 5.72. The fraction of sp³-hybridized carbons (Fsp3) is 0.625. The van der Waals surface area contributed by atoms with E-state index in [1.807, 2.05) is 0 Å². The van der Waals surface area contributed by atoms with Crippen LogP contribution in [0.15, 0.2) is 24.3 Å². The lowest BCUT2D eigenvalue weighted by Gasteiger charge is -2.20. The van der Waals surface area contributed by atoms with E-state index in [1.165, 1.54) is 24.2 Å². The summed E-state index contributed by atoms with van der Waals surface area (Å²) in [6.07, 6.45) is 1.40. The monoisotopic (exact) mass is 246 g/mol. The predicted molar refractivity (Wildman–Crippen MR) is 79.1 cm³/mol. The predicted octanol–water partition coefficient (Wildman–Crippen LogP) is 3.45. The van der Waals surface area contributed by atoms with Crippen LogP contribution in [-0.4, -0.2) is 20.1 Å². The molecule has 100 valence electrons. The molecule has 1 aromatic rings. The van der Waals surface area contributed by atoms with E-state index in [2.05, 4.69) is 62.3 Å². The minimum Gasteiger partial charge on any atom is -0.374 e. The van der Waals surface area contributed by atoms with Gasteiger partial charge in [-0.1, -0.05) is 26.0 Å². The lowest BCUT2D eigenvalue weighted by atomic mass is 10.1. The van der Waals surface area contributed by atoms with Crippen LogP contribution in [-0.2, 0) is 0 Å². The molecular weight excluding hydrogens is 220 g/mol. The van der Waals surface area contributed by atoms with Crippen molar-refractivity contribution in [1.29, 1.82) is 0 Å². The van der Waals surface area contributed by atoms with Crippen molar-refractivity contribution in [3.05, 3.63) is 29.8 Å². The maximum absolute atomic E-state index is 3.44. The van der Waals surface area contributed by atoms with E-state index in [4.69, 9.17) is 0 Å². The summed E-state index contributed by atoms with van der Waals surface area (Å²) in [5.41, 5.74) is 2.70. The molecule has 0 heterocycles. The molecule has 2 heteroatoms. The zero-order chi connectivity index (χ0) is 13.1. The molecule has 0 saturated heterocycles. The van der Waals surface area contributed by atoms with Gasteiger partial charge in [0.2, 0.25) is 0 Å². The molecule has 2 rings (SSSR count). The molecule has 3 unspecified atom stereocenters.